The first-order valence-corrected chi connectivity index (χ1v) is 7.42. The van der Waals surface area contributed by atoms with E-state index >= 15 is 0 Å². The summed E-state index contributed by atoms with van der Waals surface area (Å²) in [5.41, 5.74) is 2.17. The minimum absolute atomic E-state index is 0.172. The van der Waals surface area contributed by atoms with E-state index in [1.807, 2.05) is 30.3 Å². The molecule has 1 aromatic heterocycles. The van der Waals surface area contributed by atoms with Crippen LogP contribution in [-0.4, -0.2) is 10.8 Å². The lowest BCUT2D eigenvalue weighted by atomic mass is 10.1. The zero-order valence-corrected chi connectivity index (χ0v) is 13.0. The summed E-state index contributed by atoms with van der Waals surface area (Å²) in [6, 6.07) is 14.5. The molecule has 3 rings (SSSR count). The van der Waals surface area contributed by atoms with E-state index in [9.17, 15) is 4.79 Å². The van der Waals surface area contributed by atoms with E-state index in [1.54, 1.807) is 30.5 Å². The molecule has 0 saturated heterocycles. The van der Waals surface area contributed by atoms with Crippen molar-refractivity contribution in [3.63, 3.8) is 0 Å². The van der Waals surface area contributed by atoms with Crippen molar-refractivity contribution in [2.24, 2.45) is 0 Å². The lowest BCUT2D eigenvalue weighted by molar-refractivity contribution is 0.104. The molecule has 2 nitrogen and oxygen atoms in total. The number of ketones is 1. The van der Waals surface area contributed by atoms with Crippen molar-refractivity contribution in [1.82, 2.24) is 4.98 Å². The number of fused-ring (bicyclic) bond motifs is 1. The molecule has 0 amide bonds. The smallest absolute Gasteiger partial charge is 0.187 e. The van der Waals surface area contributed by atoms with Gasteiger partial charge in [0.15, 0.2) is 5.78 Å². The first-order valence-electron chi connectivity index (χ1n) is 6.66. The first-order chi connectivity index (χ1) is 10.6. The van der Waals surface area contributed by atoms with Crippen LogP contribution in [0, 0.1) is 0 Å². The molecular weight excluding hydrogens is 317 g/mol. The zero-order chi connectivity index (χ0) is 15.5. The van der Waals surface area contributed by atoms with Gasteiger partial charge in [0.05, 0.1) is 10.5 Å². The first kappa shape index (κ1) is 14.8. The SMILES string of the molecule is O=C(/C=C/c1cccc2cccnc12)c1ccc(Cl)cc1Cl. The Kier molecular flexibility index (Phi) is 4.23. The standard InChI is InChI=1S/C18H11Cl2NO/c19-14-7-8-15(16(20)11-14)17(22)9-6-13-4-1-3-12-5-2-10-21-18(12)13/h1-11H/b9-6+. The molecule has 0 aliphatic heterocycles. The monoisotopic (exact) mass is 327 g/mol. The second kappa shape index (κ2) is 6.30. The molecule has 108 valence electrons. The number of benzene rings is 2. The fraction of sp³-hybridized carbons (Fsp3) is 0. The summed E-state index contributed by atoms with van der Waals surface area (Å²) in [5.74, 6) is -0.172. The van der Waals surface area contributed by atoms with Crippen LogP contribution in [0.5, 0.6) is 0 Å². The van der Waals surface area contributed by atoms with Crippen LogP contribution in [-0.2, 0) is 0 Å². The highest BCUT2D eigenvalue weighted by Crippen LogP contribution is 2.22. The van der Waals surface area contributed by atoms with E-state index in [1.165, 1.54) is 6.08 Å². The number of rotatable bonds is 3. The maximum absolute atomic E-state index is 12.3. The van der Waals surface area contributed by atoms with Crippen LogP contribution in [0.25, 0.3) is 17.0 Å². The van der Waals surface area contributed by atoms with Crippen LogP contribution in [0.15, 0.2) is 60.8 Å². The molecule has 0 aliphatic carbocycles. The largest absolute Gasteiger partial charge is 0.289 e. The molecule has 0 N–H and O–H groups in total. The summed E-state index contributed by atoms with van der Waals surface area (Å²) in [4.78, 5) is 16.6. The molecule has 0 aliphatic rings. The van der Waals surface area contributed by atoms with Crippen molar-refractivity contribution in [1.29, 1.82) is 0 Å². The van der Waals surface area contributed by atoms with E-state index in [4.69, 9.17) is 23.2 Å². The molecule has 3 aromatic rings. The van der Waals surface area contributed by atoms with E-state index in [2.05, 4.69) is 4.98 Å². The Hall–Kier alpha value is -2.16. The Morgan fingerprint density at radius 3 is 2.68 bits per heavy atom. The van der Waals surface area contributed by atoms with Crippen molar-refractivity contribution in [3.8, 4) is 0 Å². The van der Waals surface area contributed by atoms with Gasteiger partial charge in [-0.15, -0.1) is 0 Å². The molecule has 0 atom stereocenters. The van der Waals surface area contributed by atoms with Gasteiger partial charge in [0.2, 0.25) is 0 Å². The van der Waals surface area contributed by atoms with Gasteiger partial charge in [-0.3, -0.25) is 9.78 Å². The Morgan fingerprint density at radius 2 is 1.86 bits per heavy atom. The predicted molar refractivity (Wildman–Crippen MR) is 91.6 cm³/mol. The van der Waals surface area contributed by atoms with Gasteiger partial charge in [-0.1, -0.05) is 47.5 Å². The third kappa shape index (κ3) is 3.03. The number of allylic oxidation sites excluding steroid dienone is 1. The van der Waals surface area contributed by atoms with Gasteiger partial charge < -0.3 is 0 Å². The van der Waals surface area contributed by atoms with Crippen molar-refractivity contribution in [2.45, 2.75) is 0 Å². The van der Waals surface area contributed by atoms with Gasteiger partial charge in [-0.25, -0.2) is 0 Å². The highest BCUT2D eigenvalue weighted by Gasteiger charge is 2.08. The molecule has 0 saturated carbocycles. The molecule has 2 aromatic carbocycles. The second-order valence-electron chi connectivity index (χ2n) is 4.74. The minimum atomic E-state index is -0.172. The molecular formula is C18H11Cl2NO. The molecule has 1 heterocycles. The lowest BCUT2D eigenvalue weighted by Gasteiger charge is -2.02. The maximum Gasteiger partial charge on any atom is 0.187 e. The molecule has 0 radical (unpaired) electrons. The van der Waals surface area contributed by atoms with Crippen LogP contribution < -0.4 is 0 Å². The van der Waals surface area contributed by atoms with Gasteiger partial charge >= 0.3 is 0 Å². The van der Waals surface area contributed by atoms with E-state index in [-0.39, 0.29) is 5.78 Å². The number of hydrogen-bond donors (Lipinski definition) is 0. The lowest BCUT2D eigenvalue weighted by Crippen LogP contribution is -1.95. The average molecular weight is 328 g/mol. The van der Waals surface area contributed by atoms with Gasteiger partial charge in [0.1, 0.15) is 0 Å². The van der Waals surface area contributed by atoms with Crippen LogP contribution in [0.1, 0.15) is 15.9 Å². The number of hydrogen-bond acceptors (Lipinski definition) is 2. The van der Waals surface area contributed by atoms with Gasteiger partial charge in [-0.05, 0) is 36.4 Å². The summed E-state index contributed by atoms with van der Waals surface area (Å²) in [5, 5.41) is 1.88. The number of halogens is 2. The van der Waals surface area contributed by atoms with E-state index in [0.717, 1.165) is 16.5 Å². The normalized spacial score (nSPS) is 11.2. The summed E-state index contributed by atoms with van der Waals surface area (Å²) >= 11 is 11.9. The topological polar surface area (TPSA) is 30.0 Å². The van der Waals surface area contributed by atoms with Crippen molar-refractivity contribution in [3.05, 3.63) is 82.0 Å². The van der Waals surface area contributed by atoms with Crippen LogP contribution in [0.3, 0.4) is 0 Å². The third-order valence-electron chi connectivity index (χ3n) is 3.27. The quantitative estimate of drug-likeness (QED) is 0.473. The highest BCUT2D eigenvalue weighted by molar-refractivity contribution is 6.37. The van der Waals surface area contributed by atoms with E-state index in [0.29, 0.717) is 15.6 Å². The van der Waals surface area contributed by atoms with Gasteiger partial charge in [0, 0.05) is 27.7 Å². The van der Waals surface area contributed by atoms with Crippen LogP contribution >= 0.6 is 23.2 Å². The fourth-order valence-electron chi connectivity index (χ4n) is 2.21. The molecule has 0 spiro atoms. The van der Waals surface area contributed by atoms with Crippen LogP contribution in [0.2, 0.25) is 10.0 Å². The third-order valence-corrected chi connectivity index (χ3v) is 3.82. The van der Waals surface area contributed by atoms with Gasteiger partial charge in [-0.2, -0.15) is 0 Å². The highest BCUT2D eigenvalue weighted by atomic mass is 35.5. The average Bonchev–Trinajstić information content (AvgIpc) is 2.52. The fourth-order valence-corrected chi connectivity index (χ4v) is 2.71. The second-order valence-corrected chi connectivity index (χ2v) is 5.59. The van der Waals surface area contributed by atoms with Crippen molar-refractivity contribution in [2.75, 3.05) is 0 Å². The van der Waals surface area contributed by atoms with E-state index < -0.39 is 0 Å². The molecule has 0 bridgehead atoms. The Bertz CT molecular complexity index is 882. The number of carbonyl (C=O) groups excluding carboxylic acids is 1. The molecule has 0 fully saturated rings. The molecule has 0 unspecified atom stereocenters. The molecule has 22 heavy (non-hydrogen) atoms. The Morgan fingerprint density at radius 1 is 1.05 bits per heavy atom. The van der Waals surface area contributed by atoms with Crippen molar-refractivity contribution < 1.29 is 4.79 Å². The number of aromatic nitrogens is 1. The molecule has 4 heteroatoms. The minimum Gasteiger partial charge on any atom is -0.289 e. The number of pyridine rings is 1. The summed E-state index contributed by atoms with van der Waals surface area (Å²) in [7, 11) is 0. The van der Waals surface area contributed by atoms with Gasteiger partial charge in [0.25, 0.3) is 0 Å². The number of carbonyl (C=O) groups is 1. The Balaban J connectivity index is 1.94. The summed E-state index contributed by atoms with van der Waals surface area (Å²) < 4.78 is 0. The van der Waals surface area contributed by atoms with Crippen LogP contribution in [0.4, 0.5) is 0 Å². The van der Waals surface area contributed by atoms with Crippen molar-refractivity contribution >= 4 is 46.0 Å². The Labute approximate surface area is 138 Å². The maximum atomic E-state index is 12.3. The number of para-hydroxylation sites is 1. The number of nitrogens with zero attached hydrogens (tertiary/aromatic N) is 1. The summed E-state index contributed by atoms with van der Waals surface area (Å²) in [6.07, 6.45) is 4.98. The zero-order valence-electron chi connectivity index (χ0n) is 11.5. The summed E-state index contributed by atoms with van der Waals surface area (Å²) in [6.45, 7) is 0. The predicted octanol–water partition coefficient (Wildman–Crippen LogP) is 5.44.